The molecule has 6 rings (SSSR count). The normalized spacial score (nSPS) is 17.9. The summed E-state index contributed by atoms with van der Waals surface area (Å²) in [5.41, 5.74) is 1.69. The van der Waals surface area contributed by atoms with Crippen molar-refractivity contribution in [1.82, 2.24) is 25.4 Å². The summed E-state index contributed by atoms with van der Waals surface area (Å²) in [6.45, 7) is 5.81. The number of benzene rings is 2. The molecule has 1 aromatic heterocycles. The number of rotatable bonds is 8. The summed E-state index contributed by atoms with van der Waals surface area (Å²) in [4.78, 5) is 48.0. The van der Waals surface area contributed by atoms with Crippen molar-refractivity contribution in [3.05, 3.63) is 77.1 Å². The second-order valence-electron chi connectivity index (χ2n) is 12.8. The first-order valence-electron chi connectivity index (χ1n) is 16.5. The maximum absolute atomic E-state index is 14.9. The number of urea groups is 1. The standard InChI is InChI=1S/C37H41FN6O4/c1-37(41-36(47)39-25-45,24-44-23-28-15-16-31(48-2)34(38)33(28)35(44)46)18-17-26-11-13-27(14-12-26)30-9-6-10-32(40-30)43-21-19-42(20-22-43)29-7-4-3-5-8-29/h6,9-16,25,29H,3-5,7-8,19-24H2,1-2H3,(H2,39,41,45,47)/t37-/m1/s1. The predicted octanol–water partition coefficient (Wildman–Crippen LogP) is 4.57. The third-order valence-corrected chi connectivity index (χ3v) is 9.49. The molecule has 11 heteroatoms. The van der Waals surface area contributed by atoms with Gasteiger partial charge in [0.2, 0.25) is 6.41 Å². The molecule has 2 fully saturated rings. The Balaban J connectivity index is 1.15. The van der Waals surface area contributed by atoms with E-state index in [1.54, 1.807) is 13.0 Å². The first-order chi connectivity index (χ1) is 23.3. The number of ether oxygens (including phenoxy) is 1. The number of hydrogen-bond acceptors (Lipinski definition) is 7. The molecule has 2 N–H and O–H groups in total. The second-order valence-corrected chi connectivity index (χ2v) is 12.8. The van der Waals surface area contributed by atoms with Crippen LogP contribution in [0.1, 0.15) is 60.5 Å². The van der Waals surface area contributed by atoms with Crippen molar-refractivity contribution in [3.63, 3.8) is 0 Å². The van der Waals surface area contributed by atoms with E-state index in [4.69, 9.17) is 9.72 Å². The van der Waals surface area contributed by atoms with E-state index in [9.17, 15) is 18.8 Å². The summed E-state index contributed by atoms with van der Waals surface area (Å²) in [5.74, 6) is 5.88. The van der Waals surface area contributed by atoms with Crippen molar-refractivity contribution in [3.8, 4) is 28.8 Å². The Morgan fingerprint density at radius 3 is 2.52 bits per heavy atom. The number of aromatic nitrogens is 1. The summed E-state index contributed by atoms with van der Waals surface area (Å²) in [6.07, 6.45) is 6.98. The topological polar surface area (TPSA) is 107 Å². The smallest absolute Gasteiger partial charge is 0.322 e. The lowest BCUT2D eigenvalue weighted by molar-refractivity contribution is -0.108. The van der Waals surface area contributed by atoms with Gasteiger partial charge in [0.1, 0.15) is 11.4 Å². The largest absolute Gasteiger partial charge is 0.494 e. The van der Waals surface area contributed by atoms with Crippen molar-refractivity contribution in [2.24, 2.45) is 0 Å². The van der Waals surface area contributed by atoms with Crippen LogP contribution in [0.2, 0.25) is 0 Å². The average Bonchev–Trinajstić information content (AvgIpc) is 3.43. The molecule has 2 aliphatic heterocycles. The van der Waals surface area contributed by atoms with E-state index >= 15 is 0 Å². The van der Waals surface area contributed by atoms with Gasteiger partial charge in [0, 0.05) is 49.9 Å². The highest BCUT2D eigenvalue weighted by Gasteiger charge is 2.37. The van der Waals surface area contributed by atoms with Crippen molar-refractivity contribution < 1.29 is 23.5 Å². The zero-order valence-electron chi connectivity index (χ0n) is 27.4. The van der Waals surface area contributed by atoms with Crippen LogP contribution in [0.3, 0.4) is 0 Å². The van der Waals surface area contributed by atoms with Gasteiger partial charge in [0.25, 0.3) is 5.91 Å². The summed E-state index contributed by atoms with van der Waals surface area (Å²) >= 11 is 0. The lowest BCUT2D eigenvalue weighted by Gasteiger charge is -2.41. The number of pyridine rings is 1. The molecular formula is C37H41FN6O4. The summed E-state index contributed by atoms with van der Waals surface area (Å²) in [7, 11) is 1.34. The highest BCUT2D eigenvalue weighted by Crippen LogP contribution is 2.32. The number of halogens is 1. The van der Waals surface area contributed by atoms with Crippen LogP contribution in [-0.2, 0) is 11.3 Å². The quantitative estimate of drug-likeness (QED) is 0.271. The fraction of sp³-hybridized carbons (Fsp3) is 0.405. The minimum atomic E-state index is -1.28. The molecule has 1 aliphatic carbocycles. The Morgan fingerprint density at radius 2 is 1.81 bits per heavy atom. The number of anilines is 1. The Morgan fingerprint density at radius 1 is 1.06 bits per heavy atom. The number of carbonyl (C=O) groups is 3. The Hall–Kier alpha value is -4.95. The first-order valence-corrected chi connectivity index (χ1v) is 16.5. The van der Waals surface area contributed by atoms with Gasteiger partial charge in [-0.2, -0.15) is 0 Å². The number of methoxy groups -OCH3 is 1. The van der Waals surface area contributed by atoms with Gasteiger partial charge in [0.05, 0.1) is 24.9 Å². The lowest BCUT2D eigenvalue weighted by atomic mass is 9.94. The number of fused-ring (bicyclic) bond motifs is 1. The molecule has 10 nitrogen and oxygen atoms in total. The fourth-order valence-corrected chi connectivity index (χ4v) is 6.97. The van der Waals surface area contributed by atoms with Crippen LogP contribution < -0.4 is 20.3 Å². The van der Waals surface area contributed by atoms with E-state index in [0.29, 0.717) is 11.1 Å². The van der Waals surface area contributed by atoms with E-state index in [-0.39, 0.29) is 30.8 Å². The molecular weight excluding hydrogens is 611 g/mol. The van der Waals surface area contributed by atoms with Gasteiger partial charge in [-0.05, 0) is 55.7 Å². The Bertz CT molecular complexity index is 1720. The van der Waals surface area contributed by atoms with E-state index < -0.39 is 23.3 Å². The molecule has 1 saturated carbocycles. The van der Waals surface area contributed by atoms with Crippen LogP contribution >= 0.6 is 0 Å². The lowest BCUT2D eigenvalue weighted by Crippen LogP contribution is -2.55. The van der Waals surface area contributed by atoms with Crippen molar-refractivity contribution >= 4 is 24.2 Å². The van der Waals surface area contributed by atoms with Gasteiger partial charge < -0.3 is 19.9 Å². The zero-order valence-corrected chi connectivity index (χ0v) is 27.4. The Kier molecular flexibility index (Phi) is 9.92. The van der Waals surface area contributed by atoms with Gasteiger partial charge in [-0.15, -0.1) is 0 Å². The fourth-order valence-electron chi connectivity index (χ4n) is 6.97. The third kappa shape index (κ3) is 7.29. The SMILES string of the molecule is COc1ccc2c(c1F)C(=O)N(C[C@@](C)(C#Cc1ccc(-c3cccc(N4CCN(C5CCCCC5)CC4)n3)cc1)NC(=O)NC=O)C2. The second kappa shape index (κ2) is 14.4. The molecule has 0 bridgehead atoms. The number of hydrogen-bond donors (Lipinski definition) is 2. The van der Waals surface area contributed by atoms with Crippen LogP contribution in [0.15, 0.2) is 54.6 Å². The summed E-state index contributed by atoms with van der Waals surface area (Å²) < 4.78 is 20.0. The maximum atomic E-state index is 14.9. The molecule has 3 heterocycles. The number of nitrogens with one attached hydrogen (secondary N) is 2. The van der Waals surface area contributed by atoms with Gasteiger partial charge in [-0.3, -0.25) is 19.8 Å². The molecule has 3 aliphatic rings. The average molecular weight is 653 g/mol. The number of amides is 4. The molecule has 0 unspecified atom stereocenters. The minimum absolute atomic E-state index is 0.0203. The monoisotopic (exact) mass is 652 g/mol. The van der Waals surface area contributed by atoms with E-state index in [2.05, 4.69) is 38.3 Å². The molecule has 250 valence electrons. The zero-order chi connectivity index (χ0) is 33.7. The van der Waals surface area contributed by atoms with Crippen molar-refractivity contribution in [1.29, 1.82) is 0 Å². The summed E-state index contributed by atoms with van der Waals surface area (Å²) in [5, 5.41) is 4.74. The minimum Gasteiger partial charge on any atom is -0.494 e. The van der Waals surface area contributed by atoms with Crippen LogP contribution in [0, 0.1) is 17.7 Å². The Labute approximate surface area is 280 Å². The van der Waals surface area contributed by atoms with Crippen molar-refractivity contribution in [2.45, 2.75) is 57.2 Å². The summed E-state index contributed by atoms with van der Waals surface area (Å²) in [6, 6.07) is 16.9. The highest BCUT2D eigenvalue weighted by molar-refractivity contribution is 5.99. The van der Waals surface area contributed by atoms with E-state index in [1.165, 1.54) is 50.2 Å². The van der Waals surface area contributed by atoms with Gasteiger partial charge in [0.15, 0.2) is 11.6 Å². The molecule has 2 aromatic carbocycles. The van der Waals surface area contributed by atoms with Gasteiger partial charge >= 0.3 is 6.03 Å². The van der Waals surface area contributed by atoms with Gasteiger partial charge in [-0.25, -0.2) is 14.2 Å². The third-order valence-electron chi connectivity index (χ3n) is 9.49. The number of nitrogens with zero attached hydrogens (tertiary/aromatic N) is 4. The van der Waals surface area contributed by atoms with Crippen LogP contribution in [0.4, 0.5) is 15.0 Å². The molecule has 0 radical (unpaired) electrons. The van der Waals surface area contributed by atoms with Crippen LogP contribution in [0.5, 0.6) is 5.75 Å². The maximum Gasteiger partial charge on any atom is 0.322 e. The van der Waals surface area contributed by atoms with E-state index in [0.717, 1.165) is 49.3 Å². The first kappa shape index (κ1) is 33.0. The molecule has 48 heavy (non-hydrogen) atoms. The molecule has 1 atom stereocenters. The molecule has 4 amide bonds. The molecule has 1 saturated heterocycles. The van der Waals surface area contributed by atoms with Crippen LogP contribution in [0.25, 0.3) is 11.3 Å². The highest BCUT2D eigenvalue weighted by atomic mass is 19.1. The van der Waals surface area contributed by atoms with Crippen LogP contribution in [-0.4, -0.2) is 84.5 Å². The van der Waals surface area contributed by atoms with Gasteiger partial charge in [-0.1, -0.05) is 55.4 Å². The number of piperazine rings is 1. The predicted molar refractivity (Wildman–Crippen MR) is 181 cm³/mol. The number of imide groups is 1. The number of carbonyl (C=O) groups excluding carboxylic acids is 3. The molecule has 0 spiro atoms. The van der Waals surface area contributed by atoms with Crippen molar-refractivity contribution in [2.75, 3.05) is 44.7 Å². The van der Waals surface area contributed by atoms with E-state index in [1.807, 2.05) is 36.4 Å². The molecule has 3 aromatic rings.